The van der Waals surface area contributed by atoms with E-state index < -0.39 is 0 Å². The van der Waals surface area contributed by atoms with Crippen molar-refractivity contribution in [1.82, 2.24) is 5.32 Å². The van der Waals surface area contributed by atoms with Gasteiger partial charge in [0.05, 0.1) is 15.8 Å². The molecule has 47 heavy (non-hydrogen) atoms. The first-order valence-corrected chi connectivity index (χ1v) is 18.4. The molecule has 2 heterocycles. The summed E-state index contributed by atoms with van der Waals surface area (Å²) < 4.78 is 0. The van der Waals surface area contributed by atoms with Crippen molar-refractivity contribution in [3.8, 4) is 27.3 Å². The average molecular weight is 660 g/mol. The topological polar surface area (TPSA) is 87.7 Å². The number of phenolic OH excluding ortho intramolecular Hbond substituents is 1. The van der Waals surface area contributed by atoms with Crippen molar-refractivity contribution >= 4 is 46.6 Å². The summed E-state index contributed by atoms with van der Waals surface area (Å²) in [5.41, 5.74) is 7.68. The summed E-state index contributed by atoms with van der Waals surface area (Å²) in [7, 11) is 0. The average Bonchev–Trinajstić information content (AvgIpc) is 3.86. The molecule has 0 radical (unpaired) electrons. The number of nitrogens with one attached hydrogen (secondary N) is 1. The van der Waals surface area contributed by atoms with Crippen molar-refractivity contribution in [2.45, 2.75) is 64.0 Å². The van der Waals surface area contributed by atoms with E-state index in [1.807, 2.05) is 25.1 Å². The second-order valence-corrected chi connectivity index (χ2v) is 15.3. The number of hydrogen-bond acceptors (Lipinski definition) is 5. The summed E-state index contributed by atoms with van der Waals surface area (Å²) in [5.74, 6) is 7.45. The maximum atomic E-state index is 14.4. The van der Waals surface area contributed by atoms with Crippen LogP contribution < -0.4 is 21.5 Å². The van der Waals surface area contributed by atoms with Crippen molar-refractivity contribution in [2.75, 3.05) is 0 Å². The Hall–Kier alpha value is -4.12. The first kappa shape index (κ1) is 31.5. The highest BCUT2D eigenvalue weighted by atomic mass is 32.1. The molecule has 0 aliphatic heterocycles. The number of fused-ring (bicyclic) bond motifs is 2. The zero-order valence-corrected chi connectivity index (χ0v) is 28.3. The standard InChI is InChI=1S/C40H41N3O2S2/c1-2-8-30-15-18-36(46-30)37-19-20-38(47-37)39(45)32-17-16-31(33-23-26-10-3-4-11-27(26)24-34(32)33)35(22-25-9-7-14-29(44)21-25)43-40(41)42-28-12-5-6-13-28/h3-4,7,9-11,14-15,18-21,23-24,28,31-35,44H,5-6,12-13,16-17,22H2,1H3,(H3,41,42,43)/t31-,32+,33-,34+,35+/m1/s1. The number of guanidine groups is 1. The van der Waals surface area contributed by atoms with Crippen LogP contribution in [0, 0.1) is 35.5 Å². The molecule has 5 nitrogen and oxygen atoms in total. The normalized spacial score (nSPS) is 23.0. The van der Waals surface area contributed by atoms with Crippen LogP contribution in [0.4, 0.5) is 0 Å². The van der Waals surface area contributed by atoms with Gasteiger partial charge in [0.15, 0.2) is 11.7 Å². The molecular formula is C40H41N3O2S2. The lowest BCUT2D eigenvalue weighted by Gasteiger charge is -2.44. The lowest BCUT2D eigenvalue weighted by molar-refractivity contribution is 0.0768. The van der Waals surface area contributed by atoms with Crippen LogP contribution in [0.15, 0.2) is 77.8 Å². The molecule has 2 aromatic heterocycles. The summed E-state index contributed by atoms with van der Waals surface area (Å²) in [6.07, 6.45) is 11.7. The molecule has 4 N–H and O–H groups in total. The molecule has 2 aromatic carbocycles. The number of benzene rings is 2. The highest BCUT2D eigenvalue weighted by molar-refractivity contribution is 7.23. The summed E-state index contributed by atoms with van der Waals surface area (Å²) in [6.45, 7) is 1.85. The number of nitrogens with zero attached hydrogens (tertiary/aromatic N) is 1. The fourth-order valence-electron chi connectivity index (χ4n) is 7.93. The number of nitrogens with two attached hydrogens (primary N) is 1. The van der Waals surface area contributed by atoms with Gasteiger partial charge in [-0.15, -0.1) is 28.6 Å². The molecule has 7 rings (SSSR count). The minimum absolute atomic E-state index is 0.00648. The minimum atomic E-state index is -0.108. The Kier molecular flexibility index (Phi) is 9.33. The predicted molar refractivity (Wildman–Crippen MR) is 195 cm³/mol. The number of thiophene rings is 2. The molecule has 4 aromatic rings. The molecular weight excluding hydrogens is 619 g/mol. The molecule has 5 atom stereocenters. The van der Waals surface area contributed by atoms with E-state index in [-0.39, 0.29) is 47.3 Å². The first-order valence-electron chi connectivity index (χ1n) is 16.8. The molecule has 0 bridgehead atoms. The van der Waals surface area contributed by atoms with Crippen LogP contribution in [0.5, 0.6) is 5.75 Å². The van der Waals surface area contributed by atoms with Crippen molar-refractivity contribution in [1.29, 1.82) is 0 Å². The third-order valence-corrected chi connectivity index (χ3v) is 12.4. The van der Waals surface area contributed by atoms with Crippen molar-refractivity contribution in [3.05, 3.63) is 98.6 Å². The number of Topliss-reactive ketones (excluding diaryl/α,β-unsaturated/α-hetero) is 1. The van der Waals surface area contributed by atoms with E-state index in [0.717, 1.165) is 50.8 Å². The molecule has 0 amide bonds. The molecule has 0 unspecified atom stereocenters. The van der Waals surface area contributed by atoms with Gasteiger partial charge in [-0.1, -0.05) is 67.3 Å². The first-order chi connectivity index (χ1) is 22.9. The van der Waals surface area contributed by atoms with Gasteiger partial charge in [-0.2, -0.15) is 0 Å². The van der Waals surface area contributed by atoms with Crippen LogP contribution in [-0.4, -0.2) is 28.9 Å². The highest BCUT2D eigenvalue weighted by Crippen LogP contribution is 2.46. The number of hydrogen-bond donors (Lipinski definition) is 3. The van der Waals surface area contributed by atoms with Crippen molar-refractivity contribution < 1.29 is 9.90 Å². The van der Waals surface area contributed by atoms with E-state index in [1.54, 1.807) is 28.7 Å². The Balaban J connectivity index is 1.21. The predicted octanol–water partition coefficient (Wildman–Crippen LogP) is 6.73. The number of carbonyl (C=O) groups excluding carboxylic acids is 1. The summed E-state index contributed by atoms with van der Waals surface area (Å²) in [6, 6.07) is 24.6. The summed E-state index contributed by atoms with van der Waals surface area (Å²) in [4.78, 5) is 23.4. The molecule has 2 saturated carbocycles. The Labute approximate surface area is 285 Å². The lowest BCUT2D eigenvalue weighted by atomic mass is 9.61. The maximum Gasteiger partial charge on any atom is 0.189 e. The smallest absolute Gasteiger partial charge is 0.189 e. The van der Waals surface area contributed by atoms with Crippen LogP contribution in [0.3, 0.4) is 0 Å². The largest absolute Gasteiger partial charge is 0.508 e. The Morgan fingerprint density at radius 2 is 1.68 bits per heavy atom. The molecule has 2 fully saturated rings. The van der Waals surface area contributed by atoms with Crippen LogP contribution >= 0.6 is 22.7 Å². The van der Waals surface area contributed by atoms with Crippen molar-refractivity contribution in [2.24, 2.45) is 34.4 Å². The van der Waals surface area contributed by atoms with Gasteiger partial charge in [-0.25, -0.2) is 0 Å². The molecule has 3 aliphatic carbocycles. The van der Waals surface area contributed by atoms with Gasteiger partial charge in [0.25, 0.3) is 0 Å². The zero-order valence-electron chi connectivity index (χ0n) is 26.7. The number of rotatable bonds is 8. The number of aliphatic imine (C=N–C) groups is 1. The van der Waals surface area contributed by atoms with E-state index in [4.69, 9.17) is 10.7 Å². The SMILES string of the molecule is CC#Cc1ccc(-c2ccc(C(=O)[C@H]3CC[C@@H]([C@H](Cc4cccc(O)c4)NC(N)=NC4CCCC4)[C@H]4C=c5ccccc5=C[C@H]43)s2)s1. The molecule has 3 aliphatic rings. The molecule has 240 valence electrons. The second-order valence-electron chi connectivity index (χ2n) is 13.1. The number of ketones is 1. The Morgan fingerprint density at radius 3 is 2.45 bits per heavy atom. The monoisotopic (exact) mass is 659 g/mol. The fourth-order valence-corrected chi connectivity index (χ4v) is 9.94. The van der Waals surface area contributed by atoms with Gasteiger partial charge in [0.2, 0.25) is 0 Å². The highest BCUT2D eigenvalue weighted by Gasteiger charge is 2.44. The van der Waals surface area contributed by atoms with E-state index in [2.05, 4.69) is 77.8 Å². The van der Waals surface area contributed by atoms with E-state index >= 15 is 0 Å². The second kappa shape index (κ2) is 13.9. The third kappa shape index (κ3) is 6.95. The molecule has 0 saturated heterocycles. The van der Waals surface area contributed by atoms with Crippen molar-refractivity contribution in [3.63, 3.8) is 0 Å². The fraction of sp³-hybridized carbons (Fsp3) is 0.350. The van der Waals surface area contributed by atoms with Gasteiger partial charge < -0.3 is 16.2 Å². The Morgan fingerprint density at radius 1 is 0.936 bits per heavy atom. The van der Waals surface area contributed by atoms with E-state index in [9.17, 15) is 9.90 Å². The number of aromatic hydroxyl groups is 1. The van der Waals surface area contributed by atoms with E-state index in [0.29, 0.717) is 12.4 Å². The van der Waals surface area contributed by atoms with Gasteiger partial charge >= 0.3 is 0 Å². The van der Waals surface area contributed by atoms with Crippen LogP contribution in [0.1, 0.15) is 65.6 Å². The van der Waals surface area contributed by atoms with Crippen LogP contribution in [0.25, 0.3) is 21.9 Å². The van der Waals surface area contributed by atoms with E-state index in [1.165, 1.54) is 23.3 Å². The van der Waals surface area contributed by atoms with Crippen LogP contribution in [0.2, 0.25) is 0 Å². The zero-order chi connectivity index (χ0) is 32.3. The van der Waals surface area contributed by atoms with Gasteiger partial charge in [-0.05, 0) is 109 Å². The molecule has 7 heteroatoms. The summed E-state index contributed by atoms with van der Waals surface area (Å²) in [5, 5.41) is 16.4. The number of phenols is 1. The molecule has 0 spiro atoms. The van der Waals surface area contributed by atoms with Gasteiger partial charge in [-0.3, -0.25) is 9.79 Å². The Bertz CT molecular complexity index is 1970. The minimum Gasteiger partial charge on any atom is -0.508 e. The van der Waals surface area contributed by atoms with Gasteiger partial charge in [0, 0.05) is 21.7 Å². The summed E-state index contributed by atoms with van der Waals surface area (Å²) >= 11 is 3.27. The quantitative estimate of drug-likeness (QED) is 0.0848. The third-order valence-electron chi connectivity index (χ3n) is 10.1. The lowest BCUT2D eigenvalue weighted by Crippen LogP contribution is -2.52. The van der Waals surface area contributed by atoms with Gasteiger partial charge in [0.1, 0.15) is 5.75 Å². The maximum absolute atomic E-state index is 14.4. The number of carbonyl (C=O) groups is 1. The van der Waals surface area contributed by atoms with Crippen LogP contribution in [-0.2, 0) is 6.42 Å².